The van der Waals surface area contributed by atoms with Crippen LogP contribution in [0.4, 0.5) is 0 Å². The van der Waals surface area contributed by atoms with E-state index in [1.807, 2.05) is 18.1 Å². The first kappa shape index (κ1) is 7.04. The molecule has 0 bridgehead atoms. The largest absolute Gasteiger partial charge is 0.233 e. The number of carbonyl (C=O) groups excluding carboxylic acids is 1. The molecule has 0 radical (unpaired) electrons. The van der Waals surface area contributed by atoms with Gasteiger partial charge >= 0.3 is 0 Å². The molecule has 1 aliphatic carbocycles. The first-order valence-electron chi connectivity index (χ1n) is 3.39. The fraction of sp³-hybridized carbons (Fsp3) is 0.333. The average Bonchev–Trinajstić information content (AvgIpc) is 2.33. The van der Waals surface area contributed by atoms with Gasteiger partial charge in [0.15, 0.2) is 0 Å². The van der Waals surface area contributed by atoms with Gasteiger partial charge in [0.2, 0.25) is 0 Å². The quantitative estimate of drug-likeness (QED) is 0.500. The van der Waals surface area contributed by atoms with E-state index < -0.39 is 0 Å². The summed E-state index contributed by atoms with van der Waals surface area (Å²) in [4.78, 5) is 10.3. The monoisotopic (exact) mass is 134 g/mol. The van der Waals surface area contributed by atoms with Crippen molar-refractivity contribution in [2.75, 3.05) is 0 Å². The highest BCUT2D eigenvalue weighted by Crippen LogP contribution is 2.22. The molecule has 0 aliphatic heterocycles. The van der Waals surface area contributed by atoms with E-state index in [0.717, 1.165) is 5.57 Å². The Morgan fingerprint density at radius 2 is 2.20 bits per heavy atom. The molecular formula is C9H10O. The summed E-state index contributed by atoms with van der Waals surface area (Å²) >= 11 is 0. The van der Waals surface area contributed by atoms with E-state index >= 15 is 0 Å². The number of rotatable bonds is 1. The molecule has 1 heteroatoms. The van der Waals surface area contributed by atoms with Gasteiger partial charge in [0.05, 0.1) is 5.57 Å². The van der Waals surface area contributed by atoms with Gasteiger partial charge in [-0.2, -0.15) is 0 Å². The molecule has 0 aromatic carbocycles. The van der Waals surface area contributed by atoms with E-state index in [1.165, 1.54) is 0 Å². The Morgan fingerprint density at radius 1 is 1.50 bits per heavy atom. The highest BCUT2D eigenvalue weighted by molar-refractivity contribution is 5.69. The maximum atomic E-state index is 10.3. The predicted octanol–water partition coefficient (Wildman–Crippen LogP) is 1.90. The zero-order valence-electron chi connectivity index (χ0n) is 6.22. The highest BCUT2D eigenvalue weighted by atomic mass is 16.1. The van der Waals surface area contributed by atoms with Gasteiger partial charge in [0, 0.05) is 0 Å². The third kappa shape index (κ3) is 1.09. The molecule has 0 saturated carbocycles. The van der Waals surface area contributed by atoms with E-state index in [4.69, 9.17) is 0 Å². The van der Waals surface area contributed by atoms with Crippen LogP contribution in [-0.4, -0.2) is 5.94 Å². The molecule has 1 aliphatic rings. The summed E-state index contributed by atoms with van der Waals surface area (Å²) in [6, 6.07) is 0. The van der Waals surface area contributed by atoms with E-state index in [0.29, 0.717) is 11.5 Å². The van der Waals surface area contributed by atoms with Crippen LogP contribution < -0.4 is 0 Å². The highest BCUT2D eigenvalue weighted by Gasteiger charge is 2.10. The van der Waals surface area contributed by atoms with Gasteiger partial charge in [0.1, 0.15) is 5.94 Å². The zero-order chi connectivity index (χ0) is 7.56. The van der Waals surface area contributed by atoms with Crippen molar-refractivity contribution < 1.29 is 4.79 Å². The van der Waals surface area contributed by atoms with E-state index in [-0.39, 0.29) is 0 Å². The van der Waals surface area contributed by atoms with Gasteiger partial charge in [-0.05, 0) is 17.6 Å². The summed E-state index contributed by atoms with van der Waals surface area (Å²) < 4.78 is 0. The van der Waals surface area contributed by atoms with Crippen LogP contribution in [0.1, 0.15) is 13.8 Å². The Bertz CT molecular complexity index is 237. The Hall–Kier alpha value is -1.07. The number of hydrogen-bond acceptors (Lipinski definition) is 1. The zero-order valence-corrected chi connectivity index (χ0v) is 6.22. The summed E-state index contributed by atoms with van der Waals surface area (Å²) in [5, 5.41) is 0. The first-order chi connectivity index (χ1) is 4.75. The third-order valence-electron chi connectivity index (χ3n) is 1.58. The van der Waals surface area contributed by atoms with Gasteiger partial charge in [-0.15, -0.1) is 0 Å². The lowest BCUT2D eigenvalue weighted by atomic mass is 9.99. The third-order valence-corrected chi connectivity index (χ3v) is 1.58. The summed E-state index contributed by atoms with van der Waals surface area (Å²) in [7, 11) is 0. The molecule has 10 heavy (non-hydrogen) atoms. The minimum absolute atomic E-state index is 0.423. The second kappa shape index (κ2) is 2.68. The van der Waals surface area contributed by atoms with E-state index in [2.05, 4.69) is 13.8 Å². The fourth-order valence-electron chi connectivity index (χ4n) is 1.03. The van der Waals surface area contributed by atoms with Gasteiger partial charge in [-0.3, -0.25) is 0 Å². The minimum Gasteiger partial charge on any atom is -0.233 e. The maximum Gasteiger partial charge on any atom is 0.132 e. The second-order valence-electron chi connectivity index (χ2n) is 2.65. The van der Waals surface area contributed by atoms with Crippen LogP contribution >= 0.6 is 0 Å². The number of hydrogen-bond donors (Lipinski definition) is 0. The molecule has 0 atom stereocenters. The predicted molar refractivity (Wildman–Crippen MR) is 41.3 cm³/mol. The summed E-state index contributed by atoms with van der Waals surface area (Å²) in [5.41, 5.74) is 1.80. The van der Waals surface area contributed by atoms with Gasteiger partial charge in [-0.1, -0.05) is 26.0 Å². The summed E-state index contributed by atoms with van der Waals surface area (Å²) in [6.45, 7) is 4.13. The SMILES string of the molecule is CC(C)C1=CC=CC1=C=O. The van der Waals surface area contributed by atoms with Crippen molar-refractivity contribution >= 4 is 5.94 Å². The van der Waals surface area contributed by atoms with Gasteiger partial charge < -0.3 is 0 Å². The Kier molecular flexibility index (Phi) is 1.88. The number of allylic oxidation sites excluding steroid dienone is 5. The van der Waals surface area contributed by atoms with Crippen molar-refractivity contribution in [1.29, 1.82) is 0 Å². The van der Waals surface area contributed by atoms with Crippen LogP contribution in [0.3, 0.4) is 0 Å². The van der Waals surface area contributed by atoms with Crippen molar-refractivity contribution in [3.8, 4) is 0 Å². The molecule has 0 aromatic rings. The fourth-order valence-corrected chi connectivity index (χ4v) is 1.03. The molecule has 0 aromatic heterocycles. The first-order valence-corrected chi connectivity index (χ1v) is 3.39. The lowest BCUT2D eigenvalue weighted by Crippen LogP contribution is -1.93. The van der Waals surface area contributed by atoms with Crippen molar-refractivity contribution in [3.63, 3.8) is 0 Å². The standard InChI is InChI=1S/C9H10O/c1-7(2)9-5-3-4-8(9)6-10/h3-5,7H,1-2H3. The lowest BCUT2D eigenvalue weighted by molar-refractivity contribution is 0.567. The minimum atomic E-state index is 0.423. The van der Waals surface area contributed by atoms with Crippen molar-refractivity contribution in [1.82, 2.24) is 0 Å². The molecule has 0 spiro atoms. The van der Waals surface area contributed by atoms with Crippen LogP contribution in [0.25, 0.3) is 0 Å². The summed E-state index contributed by atoms with van der Waals surface area (Å²) in [5.74, 6) is 2.33. The normalized spacial score (nSPS) is 15.9. The summed E-state index contributed by atoms with van der Waals surface area (Å²) in [6.07, 6.45) is 5.64. The second-order valence-corrected chi connectivity index (χ2v) is 2.65. The Balaban J connectivity index is 2.93. The van der Waals surface area contributed by atoms with Crippen LogP contribution in [0.15, 0.2) is 29.4 Å². The average molecular weight is 134 g/mol. The molecule has 0 saturated heterocycles. The molecule has 0 amide bonds. The maximum absolute atomic E-state index is 10.3. The van der Waals surface area contributed by atoms with Crippen molar-refractivity contribution in [2.24, 2.45) is 5.92 Å². The van der Waals surface area contributed by atoms with Crippen LogP contribution in [0, 0.1) is 5.92 Å². The Labute approximate surface area is 60.7 Å². The molecule has 0 N–H and O–H groups in total. The smallest absolute Gasteiger partial charge is 0.132 e. The van der Waals surface area contributed by atoms with Crippen LogP contribution in [0.5, 0.6) is 0 Å². The van der Waals surface area contributed by atoms with Gasteiger partial charge in [0.25, 0.3) is 0 Å². The molecule has 0 fully saturated rings. The Morgan fingerprint density at radius 3 is 2.60 bits per heavy atom. The van der Waals surface area contributed by atoms with Crippen LogP contribution in [0.2, 0.25) is 0 Å². The molecular weight excluding hydrogens is 124 g/mol. The van der Waals surface area contributed by atoms with Crippen molar-refractivity contribution in [3.05, 3.63) is 29.4 Å². The van der Waals surface area contributed by atoms with Gasteiger partial charge in [-0.25, -0.2) is 4.79 Å². The van der Waals surface area contributed by atoms with Crippen molar-refractivity contribution in [2.45, 2.75) is 13.8 Å². The topological polar surface area (TPSA) is 17.1 Å². The van der Waals surface area contributed by atoms with E-state index in [1.54, 1.807) is 6.08 Å². The van der Waals surface area contributed by atoms with E-state index in [9.17, 15) is 4.79 Å². The molecule has 0 unspecified atom stereocenters. The molecule has 52 valence electrons. The van der Waals surface area contributed by atoms with Crippen LogP contribution in [-0.2, 0) is 4.79 Å². The molecule has 1 rings (SSSR count). The lowest BCUT2D eigenvalue weighted by Gasteiger charge is -2.03. The molecule has 1 nitrogen and oxygen atoms in total. The molecule has 0 heterocycles.